The van der Waals surface area contributed by atoms with Crippen LogP contribution in [0.3, 0.4) is 0 Å². The van der Waals surface area contributed by atoms with E-state index in [4.69, 9.17) is 20.8 Å². The second kappa shape index (κ2) is 7.04. The molecule has 0 fully saturated rings. The van der Waals surface area contributed by atoms with Gasteiger partial charge in [0, 0.05) is 7.11 Å². The number of aliphatic hydroxyl groups is 1. The van der Waals surface area contributed by atoms with Gasteiger partial charge in [-0.1, -0.05) is 0 Å². The molecule has 0 saturated carbocycles. The van der Waals surface area contributed by atoms with E-state index < -0.39 is 0 Å². The van der Waals surface area contributed by atoms with Crippen LogP contribution in [-0.2, 0) is 4.74 Å². The topological polar surface area (TPSA) is 79.3 Å². The summed E-state index contributed by atoms with van der Waals surface area (Å²) in [6.45, 7) is 0.0261. The lowest BCUT2D eigenvalue weighted by molar-refractivity contribution is 0.0415. The largest absolute Gasteiger partial charge is 0.394 e. The van der Waals surface area contributed by atoms with Crippen LogP contribution in [0.15, 0.2) is 0 Å². The van der Waals surface area contributed by atoms with Gasteiger partial charge in [-0.2, -0.15) is 5.26 Å². The summed E-state index contributed by atoms with van der Waals surface area (Å²) >= 11 is 0. The Bertz CT molecular complexity index is 140. The molecule has 0 heterocycles. The molecule has 0 aromatic heterocycles. The van der Waals surface area contributed by atoms with E-state index in [0.29, 0.717) is 6.42 Å². The first kappa shape index (κ1) is 11.4. The van der Waals surface area contributed by atoms with E-state index in [2.05, 4.69) is 0 Å². The van der Waals surface area contributed by atoms with Crippen LogP contribution in [0.25, 0.3) is 0 Å². The zero-order valence-corrected chi connectivity index (χ0v) is 7.36. The Labute approximate surface area is 72.9 Å². The maximum atomic E-state index is 8.73. The fourth-order valence-corrected chi connectivity index (χ4v) is 0.914. The number of nitriles is 1. The molecule has 0 saturated heterocycles. The first-order valence-electron chi connectivity index (χ1n) is 4.03. The van der Waals surface area contributed by atoms with E-state index in [1.54, 1.807) is 7.11 Å². The Kier molecular flexibility index (Phi) is 6.67. The third kappa shape index (κ3) is 5.08. The van der Waals surface area contributed by atoms with Crippen LogP contribution in [0.4, 0.5) is 0 Å². The zero-order valence-electron chi connectivity index (χ0n) is 7.36. The van der Waals surface area contributed by atoms with Crippen molar-refractivity contribution in [3.63, 3.8) is 0 Å². The summed E-state index contributed by atoms with van der Waals surface area (Å²) in [6, 6.07) is 1.56. The van der Waals surface area contributed by atoms with Crippen LogP contribution in [0, 0.1) is 11.3 Å². The highest BCUT2D eigenvalue weighted by molar-refractivity contribution is 4.85. The Morgan fingerprint density at radius 2 is 2.25 bits per heavy atom. The van der Waals surface area contributed by atoms with Crippen molar-refractivity contribution >= 4 is 0 Å². The van der Waals surface area contributed by atoms with Gasteiger partial charge < -0.3 is 15.6 Å². The number of hydrogen-bond donors (Lipinski definition) is 2. The Hall–Kier alpha value is -0.630. The first-order valence-corrected chi connectivity index (χ1v) is 4.03. The third-order valence-electron chi connectivity index (χ3n) is 1.74. The van der Waals surface area contributed by atoms with E-state index in [1.807, 2.05) is 6.07 Å². The molecule has 4 nitrogen and oxygen atoms in total. The molecule has 0 aromatic rings. The molecule has 0 bridgehead atoms. The summed E-state index contributed by atoms with van der Waals surface area (Å²) in [5.74, 6) is 0. The number of hydrogen-bond acceptors (Lipinski definition) is 4. The van der Waals surface area contributed by atoms with E-state index in [0.717, 1.165) is 12.8 Å². The average molecular weight is 172 g/mol. The number of nitrogens with two attached hydrogens (primary N) is 1. The van der Waals surface area contributed by atoms with Gasteiger partial charge in [-0.3, -0.25) is 0 Å². The molecule has 70 valence electrons. The number of methoxy groups -OCH3 is 1. The maximum Gasteiger partial charge on any atom is 0.0928 e. The molecular formula is C8H16N2O2. The molecule has 0 rings (SSSR count). The fraction of sp³-hybridized carbons (Fsp3) is 0.875. The zero-order chi connectivity index (χ0) is 9.40. The second-order valence-corrected chi connectivity index (χ2v) is 2.71. The highest BCUT2D eigenvalue weighted by Gasteiger charge is 2.06. The van der Waals surface area contributed by atoms with Crippen molar-refractivity contribution in [2.45, 2.75) is 31.4 Å². The van der Waals surface area contributed by atoms with Crippen molar-refractivity contribution in [3.8, 4) is 6.07 Å². The van der Waals surface area contributed by atoms with Gasteiger partial charge in [0.15, 0.2) is 0 Å². The lowest BCUT2D eigenvalue weighted by Crippen LogP contribution is -2.20. The predicted octanol–water partition coefficient (Wildman–Crippen LogP) is 0.0149. The number of aliphatic hydroxyl groups excluding tert-OH is 1. The Balaban J connectivity index is 3.36. The standard InChI is InChI=1S/C8H16N2O2/c1-12-8(6-11)4-2-3-7(10)5-9/h7-8,11H,2-4,6,10H2,1H3. The molecule has 2 atom stereocenters. The molecule has 0 amide bonds. The minimum Gasteiger partial charge on any atom is -0.394 e. The van der Waals surface area contributed by atoms with Gasteiger partial charge in [-0.25, -0.2) is 0 Å². The van der Waals surface area contributed by atoms with Gasteiger partial charge in [0.2, 0.25) is 0 Å². The normalized spacial score (nSPS) is 15.2. The molecule has 0 aliphatic carbocycles. The molecule has 12 heavy (non-hydrogen) atoms. The molecule has 2 unspecified atom stereocenters. The number of ether oxygens (including phenoxy) is 1. The molecule has 0 aliphatic heterocycles. The SMILES string of the molecule is COC(CO)CCCC(N)C#N. The second-order valence-electron chi connectivity index (χ2n) is 2.71. The summed E-state index contributed by atoms with van der Waals surface area (Å²) < 4.78 is 4.94. The van der Waals surface area contributed by atoms with Gasteiger partial charge in [-0.05, 0) is 19.3 Å². The summed E-state index contributed by atoms with van der Waals surface area (Å²) in [5.41, 5.74) is 5.38. The van der Waals surface area contributed by atoms with Crippen molar-refractivity contribution in [2.24, 2.45) is 5.73 Å². The maximum absolute atomic E-state index is 8.73. The van der Waals surface area contributed by atoms with Crippen molar-refractivity contribution < 1.29 is 9.84 Å². The van der Waals surface area contributed by atoms with Gasteiger partial charge in [-0.15, -0.1) is 0 Å². The van der Waals surface area contributed by atoms with Crippen LogP contribution < -0.4 is 5.73 Å². The molecule has 0 radical (unpaired) electrons. The first-order chi connectivity index (χ1) is 5.74. The van der Waals surface area contributed by atoms with Crippen LogP contribution in [-0.4, -0.2) is 31.0 Å². The summed E-state index contributed by atoms with van der Waals surface area (Å²) in [5, 5.41) is 17.1. The highest BCUT2D eigenvalue weighted by Crippen LogP contribution is 2.04. The van der Waals surface area contributed by atoms with Crippen molar-refractivity contribution in [1.82, 2.24) is 0 Å². The van der Waals surface area contributed by atoms with Gasteiger partial charge in [0.1, 0.15) is 0 Å². The quantitative estimate of drug-likeness (QED) is 0.591. The van der Waals surface area contributed by atoms with Crippen molar-refractivity contribution in [2.75, 3.05) is 13.7 Å². The number of rotatable bonds is 6. The van der Waals surface area contributed by atoms with E-state index >= 15 is 0 Å². The van der Waals surface area contributed by atoms with Gasteiger partial charge in [0.25, 0.3) is 0 Å². The third-order valence-corrected chi connectivity index (χ3v) is 1.74. The highest BCUT2D eigenvalue weighted by atomic mass is 16.5. The molecule has 0 aromatic carbocycles. The molecular weight excluding hydrogens is 156 g/mol. The summed E-state index contributed by atoms with van der Waals surface area (Å²) in [4.78, 5) is 0. The van der Waals surface area contributed by atoms with Crippen LogP contribution in [0.2, 0.25) is 0 Å². The Morgan fingerprint density at radius 1 is 1.58 bits per heavy atom. The molecule has 0 aliphatic rings. The summed E-state index contributed by atoms with van der Waals surface area (Å²) in [6.07, 6.45) is 2.11. The van der Waals surface area contributed by atoms with E-state index in [-0.39, 0.29) is 18.8 Å². The van der Waals surface area contributed by atoms with Crippen LogP contribution >= 0.6 is 0 Å². The lowest BCUT2D eigenvalue weighted by Gasteiger charge is -2.11. The molecule has 4 heteroatoms. The van der Waals surface area contributed by atoms with Crippen LogP contribution in [0.5, 0.6) is 0 Å². The smallest absolute Gasteiger partial charge is 0.0928 e. The predicted molar refractivity (Wildman–Crippen MR) is 45.3 cm³/mol. The van der Waals surface area contributed by atoms with Crippen molar-refractivity contribution in [1.29, 1.82) is 5.26 Å². The average Bonchev–Trinajstić information content (AvgIpc) is 2.12. The number of nitrogens with zero attached hydrogens (tertiary/aromatic N) is 1. The Morgan fingerprint density at radius 3 is 2.67 bits per heavy atom. The molecule has 3 N–H and O–H groups in total. The lowest BCUT2D eigenvalue weighted by atomic mass is 10.1. The van der Waals surface area contributed by atoms with E-state index in [9.17, 15) is 0 Å². The van der Waals surface area contributed by atoms with Gasteiger partial charge in [0.05, 0.1) is 24.8 Å². The van der Waals surface area contributed by atoms with Crippen molar-refractivity contribution in [3.05, 3.63) is 0 Å². The summed E-state index contributed by atoms with van der Waals surface area (Å²) in [7, 11) is 1.56. The van der Waals surface area contributed by atoms with Crippen LogP contribution in [0.1, 0.15) is 19.3 Å². The van der Waals surface area contributed by atoms with E-state index in [1.165, 1.54) is 0 Å². The molecule has 0 spiro atoms. The van der Waals surface area contributed by atoms with Gasteiger partial charge >= 0.3 is 0 Å². The minimum atomic E-state index is -0.388. The minimum absolute atomic E-state index is 0.0261. The monoisotopic (exact) mass is 172 g/mol. The fourth-order valence-electron chi connectivity index (χ4n) is 0.914.